The average Bonchev–Trinajstić information content (AvgIpc) is 2.10. The minimum Gasteiger partial charge on any atom is -0.381 e. The first-order valence-electron chi connectivity index (χ1n) is 4.85. The smallest absolute Gasteiger partial charge is 0.0360 e. The van der Waals surface area contributed by atoms with Crippen molar-refractivity contribution in [3.05, 3.63) is 27.1 Å². The molecule has 1 aromatic rings. The van der Waals surface area contributed by atoms with Crippen LogP contribution < -0.4 is 5.32 Å². The van der Waals surface area contributed by atoms with Crippen molar-refractivity contribution in [3.63, 3.8) is 0 Å². The normalized spacial score (nSPS) is 12.9. The predicted octanol–water partition coefficient (Wildman–Crippen LogP) is 3.57. The summed E-state index contributed by atoms with van der Waals surface area (Å²) in [6.45, 7) is 3.20. The first-order chi connectivity index (χ1) is 6.99. The zero-order valence-corrected chi connectivity index (χ0v) is 12.4. The highest BCUT2D eigenvalue weighted by atomic mass is 79.9. The monoisotopic (exact) mass is 334 g/mol. The molecule has 0 spiro atoms. The first-order valence-corrected chi connectivity index (χ1v) is 6.44. The van der Waals surface area contributed by atoms with E-state index in [1.165, 1.54) is 0 Å². The minimum absolute atomic E-state index is 0.438. The van der Waals surface area contributed by atoms with E-state index in [4.69, 9.17) is 0 Å². The van der Waals surface area contributed by atoms with E-state index in [0.29, 0.717) is 6.04 Å². The van der Waals surface area contributed by atoms with Gasteiger partial charge in [-0.1, -0.05) is 0 Å². The Hall–Kier alpha value is -0.0600. The van der Waals surface area contributed by atoms with E-state index in [1.54, 1.807) is 0 Å². The highest BCUT2D eigenvalue weighted by Crippen LogP contribution is 2.26. The molecule has 4 heteroatoms. The molecule has 0 aliphatic heterocycles. The Morgan fingerprint density at radius 3 is 2.47 bits per heavy atom. The lowest BCUT2D eigenvalue weighted by atomic mass is 10.2. The Morgan fingerprint density at radius 2 is 1.93 bits per heavy atom. The summed E-state index contributed by atoms with van der Waals surface area (Å²) in [5, 5.41) is 3.45. The van der Waals surface area contributed by atoms with E-state index in [1.807, 2.05) is 6.07 Å². The van der Waals surface area contributed by atoms with E-state index < -0.39 is 0 Å². The summed E-state index contributed by atoms with van der Waals surface area (Å²) in [5.41, 5.74) is 1.14. The van der Waals surface area contributed by atoms with Crippen LogP contribution in [0.2, 0.25) is 0 Å². The molecule has 0 aliphatic rings. The van der Waals surface area contributed by atoms with Crippen molar-refractivity contribution in [1.29, 1.82) is 0 Å². The average molecular weight is 336 g/mol. The van der Waals surface area contributed by atoms with Crippen LogP contribution in [-0.4, -0.2) is 31.6 Å². The fourth-order valence-electron chi connectivity index (χ4n) is 1.46. The van der Waals surface area contributed by atoms with Gasteiger partial charge in [0.1, 0.15) is 0 Å². The number of likely N-dealkylation sites (N-methyl/N-ethyl adjacent to an activating group) is 1. The Kier molecular flexibility index (Phi) is 5.09. The van der Waals surface area contributed by atoms with Gasteiger partial charge in [0.15, 0.2) is 0 Å². The molecular weight excluding hydrogens is 320 g/mol. The van der Waals surface area contributed by atoms with Crippen molar-refractivity contribution in [2.24, 2.45) is 0 Å². The number of halogens is 2. The van der Waals surface area contributed by atoms with Gasteiger partial charge >= 0.3 is 0 Å². The Bertz CT molecular complexity index is 326. The highest BCUT2D eigenvalue weighted by molar-refractivity contribution is 9.13. The van der Waals surface area contributed by atoms with E-state index in [0.717, 1.165) is 21.2 Å². The summed E-state index contributed by atoms with van der Waals surface area (Å²) in [6.07, 6.45) is 0. The molecule has 1 unspecified atom stereocenters. The molecule has 0 radical (unpaired) electrons. The maximum Gasteiger partial charge on any atom is 0.0360 e. The molecule has 0 saturated carbocycles. The third-order valence-corrected chi connectivity index (χ3v) is 3.85. The maximum atomic E-state index is 3.49. The Labute approximate surface area is 108 Å². The van der Waals surface area contributed by atoms with Crippen molar-refractivity contribution >= 4 is 37.5 Å². The molecule has 1 N–H and O–H groups in total. The third-order valence-electron chi connectivity index (χ3n) is 1.97. The lowest BCUT2D eigenvalue weighted by Gasteiger charge is -2.19. The molecule has 0 heterocycles. The number of hydrogen-bond donors (Lipinski definition) is 1. The second-order valence-corrected chi connectivity index (χ2v) is 5.65. The SMILES string of the molecule is CC(CN(C)C)Nc1ccc(Br)c(Br)c1. The van der Waals surface area contributed by atoms with E-state index in [-0.39, 0.29) is 0 Å². The summed E-state index contributed by atoms with van der Waals surface area (Å²) >= 11 is 6.94. The quantitative estimate of drug-likeness (QED) is 0.904. The largest absolute Gasteiger partial charge is 0.381 e. The number of benzene rings is 1. The molecule has 0 bridgehead atoms. The van der Waals surface area contributed by atoms with Crippen LogP contribution in [0.1, 0.15) is 6.92 Å². The number of nitrogens with zero attached hydrogens (tertiary/aromatic N) is 1. The molecule has 1 atom stereocenters. The molecule has 2 nitrogen and oxygen atoms in total. The Morgan fingerprint density at radius 1 is 1.27 bits per heavy atom. The van der Waals surface area contributed by atoms with E-state index in [9.17, 15) is 0 Å². The van der Waals surface area contributed by atoms with Crippen molar-refractivity contribution in [1.82, 2.24) is 4.90 Å². The van der Waals surface area contributed by atoms with Gasteiger partial charge in [-0.25, -0.2) is 0 Å². The number of rotatable bonds is 4. The predicted molar refractivity (Wildman–Crippen MR) is 73.5 cm³/mol. The fourth-order valence-corrected chi connectivity index (χ4v) is 2.09. The minimum atomic E-state index is 0.438. The van der Waals surface area contributed by atoms with Crippen LogP contribution in [0.4, 0.5) is 5.69 Å². The van der Waals surface area contributed by atoms with Crippen LogP contribution in [0.5, 0.6) is 0 Å². The third kappa shape index (κ3) is 4.53. The summed E-state index contributed by atoms with van der Waals surface area (Å²) in [7, 11) is 4.16. The number of nitrogens with one attached hydrogen (secondary N) is 1. The maximum absolute atomic E-state index is 3.49. The number of hydrogen-bond acceptors (Lipinski definition) is 2. The zero-order chi connectivity index (χ0) is 11.4. The molecule has 1 aromatic carbocycles. The standard InChI is InChI=1S/C11H16Br2N2/c1-8(7-15(2)3)14-9-4-5-10(12)11(13)6-9/h4-6,8,14H,7H2,1-3H3. The summed E-state index contributed by atoms with van der Waals surface area (Å²) in [5.74, 6) is 0. The van der Waals surface area contributed by atoms with Gasteiger partial charge in [-0.2, -0.15) is 0 Å². The molecular formula is C11H16Br2N2. The fraction of sp³-hybridized carbons (Fsp3) is 0.455. The van der Waals surface area contributed by atoms with Gasteiger partial charge in [0, 0.05) is 27.2 Å². The van der Waals surface area contributed by atoms with Crippen LogP contribution in [0.3, 0.4) is 0 Å². The second kappa shape index (κ2) is 5.87. The van der Waals surface area contributed by atoms with Gasteiger partial charge in [0.25, 0.3) is 0 Å². The summed E-state index contributed by atoms with van der Waals surface area (Å²) in [4.78, 5) is 2.17. The molecule has 0 aromatic heterocycles. The molecule has 84 valence electrons. The van der Waals surface area contributed by atoms with Gasteiger partial charge in [-0.3, -0.25) is 0 Å². The summed E-state index contributed by atoms with van der Waals surface area (Å²) in [6, 6.07) is 6.62. The first kappa shape index (κ1) is 13.0. The molecule has 0 aliphatic carbocycles. The van der Waals surface area contributed by atoms with Gasteiger partial charge < -0.3 is 10.2 Å². The topological polar surface area (TPSA) is 15.3 Å². The van der Waals surface area contributed by atoms with Crippen molar-refractivity contribution in [2.45, 2.75) is 13.0 Å². The van der Waals surface area contributed by atoms with Crippen molar-refractivity contribution < 1.29 is 0 Å². The van der Waals surface area contributed by atoms with Gasteiger partial charge in [-0.15, -0.1) is 0 Å². The second-order valence-electron chi connectivity index (χ2n) is 3.94. The van der Waals surface area contributed by atoms with Crippen LogP contribution in [0, 0.1) is 0 Å². The van der Waals surface area contributed by atoms with Crippen LogP contribution >= 0.6 is 31.9 Å². The lowest BCUT2D eigenvalue weighted by molar-refractivity contribution is 0.392. The van der Waals surface area contributed by atoms with E-state index in [2.05, 4.69) is 75.2 Å². The molecule has 15 heavy (non-hydrogen) atoms. The zero-order valence-electron chi connectivity index (χ0n) is 9.22. The molecule has 0 amide bonds. The summed E-state index contributed by atoms with van der Waals surface area (Å²) < 4.78 is 2.15. The van der Waals surface area contributed by atoms with Gasteiger partial charge in [0.2, 0.25) is 0 Å². The van der Waals surface area contributed by atoms with Gasteiger partial charge in [0.05, 0.1) is 0 Å². The van der Waals surface area contributed by atoms with Crippen LogP contribution in [0.15, 0.2) is 27.1 Å². The number of anilines is 1. The van der Waals surface area contributed by atoms with Gasteiger partial charge in [-0.05, 0) is 71.1 Å². The highest BCUT2D eigenvalue weighted by Gasteiger charge is 2.04. The van der Waals surface area contributed by atoms with Crippen molar-refractivity contribution in [3.8, 4) is 0 Å². The molecule has 0 fully saturated rings. The van der Waals surface area contributed by atoms with E-state index >= 15 is 0 Å². The lowest BCUT2D eigenvalue weighted by Crippen LogP contribution is -2.29. The molecule has 0 saturated heterocycles. The van der Waals surface area contributed by atoms with Crippen molar-refractivity contribution in [2.75, 3.05) is 26.0 Å². The van der Waals surface area contributed by atoms with Crippen LogP contribution in [-0.2, 0) is 0 Å². The molecule has 1 rings (SSSR count). The Balaban J connectivity index is 2.60. The van der Waals surface area contributed by atoms with Crippen LogP contribution in [0.25, 0.3) is 0 Å².